The number of ketones is 1. The molecule has 0 fully saturated rings. The summed E-state index contributed by atoms with van der Waals surface area (Å²) in [5.74, 6) is 0.844. The second kappa shape index (κ2) is 12.9. The van der Waals surface area contributed by atoms with Gasteiger partial charge in [0.05, 0.1) is 29.1 Å². The normalized spacial score (nSPS) is 11.1. The SMILES string of the molecule is CCOc1cc2ncc(C#N)c(Nc3ccc(Oc4ccc(C)cc4)cc3F)c2cc1CC(=O)/C=C/CN(C)C. The van der Waals surface area contributed by atoms with Gasteiger partial charge in [-0.3, -0.25) is 9.78 Å². The average Bonchev–Trinajstić information content (AvgIpc) is 2.92. The third-order valence-electron chi connectivity index (χ3n) is 6.07. The predicted octanol–water partition coefficient (Wildman–Crippen LogP) is 6.72. The van der Waals surface area contributed by atoms with E-state index in [-0.39, 0.29) is 23.5 Å². The van der Waals surface area contributed by atoms with Gasteiger partial charge < -0.3 is 19.7 Å². The number of aromatic nitrogens is 1. The fourth-order valence-electron chi connectivity index (χ4n) is 4.09. The number of anilines is 2. The summed E-state index contributed by atoms with van der Waals surface area (Å²) < 4.78 is 26.8. The minimum atomic E-state index is -0.550. The molecule has 0 bridgehead atoms. The van der Waals surface area contributed by atoms with Gasteiger partial charge in [0, 0.05) is 42.2 Å². The molecule has 3 aromatic carbocycles. The maximum Gasteiger partial charge on any atom is 0.159 e. The second-order valence-electron chi connectivity index (χ2n) is 9.56. The van der Waals surface area contributed by atoms with Crippen LogP contribution in [0.25, 0.3) is 10.9 Å². The number of ether oxygens (including phenoxy) is 2. The van der Waals surface area contributed by atoms with Gasteiger partial charge in [-0.1, -0.05) is 23.8 Å². The van der Waals surface area contributed by atoms with Gasteiger partial charge in [0.2, 0.25) is 0 Å². The third-order valence-corrected chi connectivity index (χ3v) is 6.07. The number of pyridine rings is 1. The first-order valence-corrected chi connectivity index (χ1v) is 12.9. The zero-order chi connectivity index (χ0) is 28.6. The number of carbonyl (C=O) groups is 1. The van der Waals surface area contributed by atoms with E-state index in [0.717, 1.165) is 5.56 Å². The van der Waals surface area contributed by atoms with Crippen LogP contribution in [0, 0.1) is 24.1 Å². The molecule has 0 radical (unpaired) electrons. The first-order valence-electron chi connectivity index (χ1n) is 12.9. The number of nitrogens with one attached hydrogen (secondary N) is 1. The summed E-state index contributed by atoms with van der Waals surface area (Å²) in [4.78, 5) is 19.1. The van der Waals surface area contributed by atoms with Crippen LogP contribution < -0.4 is 14.8 Å². The molecular formula is C32H31FN4O3. The molecule has 0 amide bonds. The lowest BCUT2D eigenvalue weighted by molar-refractivity contribution is -0.114. The van der Waals surface area contributed by atoms with Crippen LogP contribution in [-0.2, 0) is 11.2 Å². The molecule has 1 N–H and O–H groups in total. The number of nitriles is 1. The molecule has 0 unspecified atom stereocenters. The molecule has 0 saturated carbocycles. The molecular weight excluding hydrogens is 507 g/mol. The lowest BCUT2D eigenvalue weighted by Crippen LogP contribution is -2.11. The van der Waals surface area contributed by atoms with Crippen molar-refractivity contribution in [2.24, 2.45) is 0 Å². The van der Waals surface area contributed by atoms with E-state index in [1.165, 1.54) is 12.3 Å². The number of rotatable bonds is 11. The monoisotopic (exact) mass is 538 g/mol. The Kier molecular flexibility index (Phi) is 9.10. The maximum absolute atomic E-state index is 15.2. The molecule has 8 heteroatoms. The molecule has 0 atom stereocenters. The number of hydrogen-bond donors (Lipinski definition) is 1. The zero-order valence-corrected chi connectivity index (χ0v) is 23.0. The van der Waals surface area contributed by atoms with Crippen LogP contribution in [0.4, 0.5) is 15.8 Å². The first kappa shape index (κ1) is 28.3. The number of likely N-dealkylation sites (N-methyl/N-ethyl adjacent to an activating group) is 1. The number of halogens is 1. The van der Waals surface area contributed by atoms with Gasteiger partial charge in [0.1, 0.15) is 29.1 Å². The van der Waals surface area contributed by atoms with Crippen molar-refractivity contribution in [2.75, 3.05) is 32.6 Å². The van der Waals surface area contributed by atoms with E-state index in [0.29, 0.717) is 52.6 Å². The van der Waals surface area contributed by atoms with Gasteiger partial charge in [-0.05, 0) is 64.4 Å². The van der Waals surface area contributed by atoms with Crippen LogP contribution in [-0.4, -0.2) is 42.9 Å². The summed E-state index contributed by atoms with van der Waals surface area (Å²) in [7, 11) is 3.85. The van der Waals surface area contributed by atoms with Gasteiger partial charge in [-0.2, -0.15) is 5.26 Å². The van der Waals surface area contributed by atoms with Crippen molar-refractivity contribution in [1.29, 1.82) is 5.26 Å². The molecule has 0 aliphatic heterocycles. The number of carbonyl (C=O) groups excluding carboxylic acids is 1. The van der Waals surface area contributed by atoms with Crippen molar-refractivity contribution in [3.8, 4) is 23.3 Å². The minimum absolute atomic E-state index is 0.0868. The smallest absolute Gasteiger partial charge is 0.159 e. The topological polar surface area (TPSA) is 87.5 Å². The van der Waals surface area contributed by atoms with Gasteiger partial charge in [0.15, 0.2) is 5.78 Å². The lowest BCUT2D eigenvalue weighted by atomic mass is 10.0. The Hall–Kier alpha value is -4.74. The number of allylic oxidation sites excluding steroid dienone is 1. The highest BCUT2D eigenvalue weighted by Crippen LogP contribution is 2.35. The molecule has 0 aliphatic carbocycles. The maximum atomic E-state index is 15.2. The first-order chi connectivity index (χ1) is 19.3. The van der Waals surface area contributed by atoms with Gasteiger partial charge in [-0.15, -0.1) is 0 Å². The number of hydrogen-bond acceptors (Lipinski definition) is 7. The van der Waals surface area contributed by atoms with Gasteiger partial charge in [0.25, 0.3) is 0 Å². The van der Waals surface area contributed by atoms with E-state index in [4.69, 9.17) is 9.47 Å². The van der Waals surface area contributed by atoms with Crippen molar-refractivity contribution in [3.63, 3.8) is 0 Å². The van der Waals surface area contributed by atoms with E-state index in [2.05, 4.69) is 16.4 Å². The van der Waals surface area contributed by atoms with Crippen LogP contribution >= 0.6 is 0 Å². The zero-order valence-electron chi connectivity index (χ0n) is 23.0. The summed E-state index contributed by atoms with van der Waals surface area (Å²) in [5.41, 5.74) is 3.08. The van der Waals surface area contributed by atoms with E-state index < -0.39 is 5.82 Å². The van der Waals surface area contributed by atoms with Gasteiger partial charge in [-0.25, -0.2) is 4.39 Å². The molecule has 4 aromatic rings. The van der Waals surface area contributed by atoms with Crippen LogP contribution in [0.2, 0.25) is 0 Å². The number of aryl methyl sites for hydroxylation is 1. The van der Waals surface area contributed by atoms with Crippen LogP contribution in [0.3, 0.4) is 0 Å². The lowest BCUT2D eigenvalue weighted by Gasteiger charge is -2.16. The number of fused-ring (bicyclic) bond motifs is 1. The van der Waals surface area contributed by atoms with E-state index in [1.54, 1.807) is 36.4 Å². The highest BCUT2D eigenvalue weighted by Gasteiger charge is 2.17. The van der Waals surface area contributed by atoms with Crippen molar-refractivity contribution >= 4 is 28.1 Å². The Morgan fingerprint density at radius 1 is 1.12 bits per heavy atom. The number of benzene rings is 3. The summed E-state index contributed by atoms with van der Waals surface area (Å²) in [5, 5.41) is 13.5. The van der Waals surface area contributed by atoms with Crippen molar-refractivity contribution in [2.45, 2.75) is 20.3 Å². The highest BCUT2D eigenvalue weighted by molar-refractivity contribution is 5.99. The quantitative estimate of drug-likeness (QED) is 0.212. The molecule has 40 heavy (non-hydrogen) atoms. The summed E-state index contributed by atoms with van der Waals surface area (Å²) >= 11 is 0. The van der Waals surface area contributed by atoms with Crippen molar-refractivity contribution in [3.05, 3.63) is 95.5 Å². The predicted molar refractivity (Wildman–Crippen MR) is 155 cm³/mol. The van der Waals surface area contributed by atoms with Crippen LogP contribution in [0.1, 0.15) is 23.6 Å². The van der Waals surface area contributed by atoms with E-state index >= 15 is 4.39 Å². The fourth-order valence-corrected chi connectivity index (χ4v) is 4.09. The Morgan fingerprint density at radius 2 is 1.88 bits per heavy atom. The summed E-state index contributed by atoms with van der Waals surface area (Å²) in [6.45, 7) is 4.89. The van der Waals surface area contributed by atoms with E-state index in [9.17, 15) is 10.1 Å². The molecule has 4 rings (SSSR count). The number of nitrogens with zero attached hydrogens (tertiary/aromatic N) is 3. The molecule has 0 aliphatic rings. The Morgan fingerprint density at radius 3 is 2.55 bits per heavy atom. The third kappa shape index (κ3) is 7.01. The molecule has 1 aromatic heterocycles. The minimum Gasteiger partial charge on any atom is -0.494 e. The molecule has 204 valence electrons. The summed E-state index contributed by atoms with van der Waals surface area (Å²) in [6.07, 6.45) is 4.90. The summed E-state index contributed by atoms with van der Waals surface area (Å²) in [6, 6.07) is 17.6. The van der Waals surface area contributed by atoms with Crippen molar-refractivity contribution in [1.82, 2.24) is 9.88 Å². The van der Waals surface area contributed by atoms with Crippen molar-refractivity contribution < 1.29 is 18.7 Å². The Bertz CT molecular complexity index is 1590. The Balaban J connectivity index is 1.68. The second-order valence-corrected chi connectivity index (χ2v) is 9.56. The largest absolute Gasteiger partial charge is 0.494 e. The molecule has 0 spiro atoms. The van der Waals surface area contributed by atoms with E-state index in [1.807, 2.05) is 57.1 Å². The Labute approximate surface area is 233 Å². The molecule has 1 heterocycles. The van der Waals surface area contributed by atoms with Crippen LogP contribution in [0.15, 0.2) is 72.9 Å². The standard InChI is InChI=1S/C32H31FN4O3/c1-5-39-31-18-30-27(16-22(31)15-24(38)7-6-14-37(3)4)32(23(19-34)20-35-30)36-29-13-12-26(17-28(29)33)40-25-10-8-21(2)9-11-25/h6-13,16-18,20H,5,14-15H2,1-4H3,(H,35,36)/b7-6+. The average molecular weight is 539 g/mol. The fraction of sp³-hybridized carbons (Fsp3) is 0.219. The van der Waals surface area contributed by atoms with Crippen LogP contribution in [0.5, 0.6) is 17.2 Å². The molecule has 7 nitrogen and oxygen atoms in total. The molecule has 0 saturated heterocycles. The highest BCUT2D eigenvalue weighted by atomic mass is 19.1. The van der Waals surface area contributed by atoms with Gasteiger partial charge >= 0.3 is 0 Å².